The van der Waals surface area contributed by atoms with E-state index in [1.165, 1.54) is 0 Å². The van der Waals surface area contributed by atoms with Gasteiger partial charge in [-0.1, -0.05) is 11.6 Å². The second-order valence-corrected chi connectivity index (χ2v) is 4.04. The van der Waals surface area contributed by atoms with Crippen LogP contribution in [0.5, 0.6) is 0 Å². The molecule has 0 spiro atoms. The van der Waals surface area contributed by atoms with E-state index < -0.39 is 39.5 Å². The van der Waals surface area contributed by atoms with Crippen LogP contribution >= 0.6 is 11.6 Å². The Morgan fingerprint density at radius 1 is 1.42 bits per heavy atom. The van der Waals surface area contributed by atoms with Crippen LogP contribution in [0.3, 0.4) is 0 Å². The molecule has 0 bridgehead atoms. The van der Waals surface area contributed by atoms with Gasteiger partial charge in [-0.2, -0.15) is 17.6 Å². The van der Waals surface area contributed by atoms with Crippen molar-refractivity contribution in [1.29, 1.82) is 0 Å². The lowest BCUT2D eigenvalue weighted by Crippen LogP contribution is -2.07. The highest BCUT2D eigenvalue weighted by atomic mass is 35.5. The van der Waals surface area contributed by atoms with Crippen LogP contribution in [0.4, 0.5) is 23.2 Å². The molecule has 2 rings (SSSR count). The van der Waals surface area contributed by atoms with Gasteiger partial charge in [0.1, 0.15) is 0 Å². The smallest absolute Gasteiger partial charge is 0.333 e. The van der Waals surface area contributed by atoms with Gasteiger partial charge in [0.2, 0.25) is 11.6 Å². The minimum Gasteiger partial charge on any atom is -0.333 e. The Kier molecular flexibility index (Phi) is 2.89. The molecule has 1 aromatic heterocycles. The van der Waals surface area contributed by atoms with Crippen LogP contribution in [0.2, 0.25) is 5.02 Å². The number of hydrogen-bond acceptors (Lipinski definition) is 3. The molecule has 102 valence electrons. The van der Waals surface area contributed by atoms with E-state index in [9.17, 15) is 27.7 Å². The molecular weight excluding hydrogens is 294 g/mol. The number of aromatic nitrogens is 2. The fourth-order valence-corrected chi connectivity index (χ4v) is 1.79. The Morgan fingerprint density at radius 2 is 2.00 bits per heavy atom. The number of halogens is 5. The Labute approximate surface area is 107 Å². The molecule has 0 unspecified atom stereocenters. The molecule has 0 aliphatic heterocycles. The van der Waals surface area contributed by atoms with Crippen LogP contribution in [0.25, 0.3) is 11.0 Å². The number of benzene rings is 1. The van der Waals surface area contributed by atoms with Gasteiger partial charge in [0.25, 0.3) is 0 Å². The summed E-state index contributed by atoms with van der Waals surface area (Å²) in [7, 11) is 0. The van der Waals surface area contributed by atoms with E-state index in [0.29, 0.717) is 0 Å². The van der Waals surface area contributed by atoms with E-state index in [-0.39, 0.29) is 10.6 Å². The number of H-pyrrole nitrogens is 1. The van der Waals surface area contributed by atoms with Crippen molar-refractivity contribution in [3.8, 4) is 0 Å². The number of hydrogen-bond donors (Lipinski definition) is 1. The molecule has 1 aromatic carbocycles. The van der Waals surface area contributed by atoms with Gasteiger partial charge in [-0.15, -0.1) is 0 Å². The molecule has 0 saturated carbocycles. The Balaban J connectivity index is 2.94. The van der Waals surface area contributed by atoms with Crippen LogP contribution in [0, 0.1) is 22.9 Å². The number of rotatable bonds is 1. The molecule has 1 N–H and O–H groups in total. The number of aromatic amines is 1. The molecule has 0 radical (unpaired) electrons. The molecule has 19 heavy (non-hydrogen) atoms. The van der Waals surface area contributed by atoms with Crippen molar-refractivity contribution in [2.45, 2.75) is 13.1 Å². The lowest BCUT2D eigenvalue weighted by atomic mass is 10.1. The Morgan fingerprint density at radius 3 is 2.47 bits per heavy atom. The van der Waals surface area contributed by atoms with Gasteiger partial charge < -0.3 is 4.98 Å². The maximum absolute atomic E-state index is 13.7. The predicted octanol–water partition coefficient (Wildman–Crippen LogP) is 3.59. The maximum atomic E-state index is 13.7. The summed E-state index contributed by atoms with van der Waals surface area (Å²) in [5.74, 6) is -2.78. The second kappa shape index (κ2) is 4.05. The molecule has 2 aromatic rings. The zero-order chi connectivity index (χ0) is 14.5. The highest BCUT2D eigenvalue weighted by Gasteiger charge is 2.37. The molecule has 0 fully saturated rings. The van der Waals surface area contributed by atoms with E-state index in [2.05, 4.69) is 4.98 Å². The van der Waals surface area contributed by atoms with Crippen LogP contribution < -0.4 is 0 Å². The molecule has 10 heteroatoms. The number of fused-ring (bicyclic) bond motifs is 1. The minimum absolute atomic E-state index is 0.321. The van der Waals surface area contributed by atoms with Gasteiger partial charge in [-0.25, -0.2) is 4.98 Å². The van der Waals surface area contributed by atoms with Crippen molar-refractivity contribution in [2.24, 2.45) is 0 Å². The maximum Gasteiger partial charge on any atom is 0.449 e. The number of nitro benzene ring substituents is 1. The highest BCUT2D eigenvalue weighted by Crippen LogP contribution is 2.38. The predicted molar refractivity (Wildman–Crippen MR) is 57.5 cm³/mol. The number of imidazole rings is 1. The molecule has 0 saturated heterocycles. The zero-order valence-electron chi connectivity index (χ0n) is 9.10. The summed E-state index contributed by atoms with van der Waals surface area (Å²) in [6.45, 7) is 1.12. The Bertz CT molecular complexity index is 695. The van der Waals surface area contributed by atoms with E-state index in [0.717, 1.165) is 6.92 Å². The van der Waals surface area contributed by atoms with Gasteiger partial charge in [-0.3, -0.25) is 10.1 Å². The number of nitro groups is 1. The van der Waals surface area contributed by atoms with Crippen LogP contribution in [0.15, 0.2) is 0 Å². The zero-order valence-corrected chi connectivity index (χ0v) is 9.86. The summed E-state index contributed by atoms with van der Waals surface area (Å²) < 4.78 is 51.2. The average Bonchev–Trinajstić information content (AvgIpc) is 2.70. The first-order valence-electron chi connectivity index (χ1n) is 4.73. The fraction of sp³-hybridized carbons (Fsp3) is 0.222. The van der Waals surface area contributed by atoms with Crippen LogP contribution in [-0.4, -0.2) is 14.9 Å². The van der Waals surface area contributed by atoms with Crippen molar-refractivity contribution in [1.82, 2.24) is 9.97 Å². The largest absolute Gasteiger partial charge is 0.449 e. The first kappa shape index (κ1) is 13.5. The Hall–Kier alpha value is -1.90. The first-order valence-corrected chi connectivity index (χ1v) is 5.11. The molecular formula is C9H4ClF4N3O2. The third-order valence-electron chi connectivity index (χ3n) is 2.47. The number of alkyl halides is 3. The summed E-state index contributed by atoms with van der Waals surface area (Å²) >= 11 is 5.67. The second-order valence-electron chi connectivity index (χ2n) is 3.67. The summed E-state index contributed by atoms with van der Waals surface area (Å²) in [6, 6.07) is 0. The topological polar surface area (TPSA) is 71.8 Å². The lowest BCUT2D eigenvalue weighted by molar-refractivity contribution is -0.385. The van der Waals surface area contributed by atoms with Crippen LogP contribution in [-0.2, 0) is 6.18 Å². The third-order valence-corrected chi connectivity index (χ3v) is 2.94. The third kappa shape index (κ3) is 1.99. The molecule has 0 atom stereocenters. The van der Waals surface area contributed by atoms with E-state index >= 15 is 0 Å². The molecule has 0 amide bonds. The van der Waals surface area contributed by atoms with Gasteiger partial charge in [0.15, 0.2) is 5.52 Å². The fourth-order valence-electron chi connectivity index (χ4n) is 1.57. The normalized spacial score (nSPS) is 12.1. The van der Waals surface area contributed by atoms with E-state index in [4.69, 9.17) is 11.6 Å². The van der Waals surface area contributed by atoms with Crippen LogP contribution in [0.1, 0.15) is 11.4 Å². The van der Waals surface area contributed by atoms with Crippen molar-refractivity contribution in [3.05, 3.63) is 32.3 Å². The quantitative estimate of drug-likeness (QED) is 0.496. The molecule has 1 heterocycles. The van der Waals surface area contributed by atoms with Crippen molar-refractivity contribution in [2.75, 3.05) is 0 Å². The van der Waals surface area contributed by atoms with Crippen molar-refractivity contribution < 1.29 is 22.5 Å². The lowest BCUT2D eigenvalue weighted by Gasteiger charge is -2.02. The standard InChI is InChI=1S/C9H4ClF4N3O2/c1-2-3(10)5-6(7(4(2)11)17(18)19)16-8(15-5)9(12,13)14/h1H3,(H,15,16). The summed E-state index contributed by atoms with van der Waals surface area (Å²) in [5, 5.41) is 10.4. The summed E-state index contributed by atoms with van der Waals surface area (Å²) in [6.07, 6.45) is -4.85. The minimum atomic E-state index is -4.85. The van der Waals surface area contributed by atoms with Crippen molar-refractivity contribution >= 4 is 28.3 Å². The molecule has 0 aliphatic rings. The number of nitrogens with zero attached hydrogens (tertiary/aromatic N) is 2. The van der Waals surface area contributed by atoms with Gasteiger partial charge >= 0.3 is 11.9 Å². The number of nitrogens with one attached hydrogen (secondary N) is 1. The summed E-state index contributed by atoms with van der Waals surface area (Å²) in [5.41, 5.74) is -2.63. The van der Waals surface area contributed by atoms with Crippen molar-refractivity contribution in [3.63, 3.8) is 0 Å². The average molecular weight is 298 g/mol. The highest BCUT2D eigenvalue weighted by molar-refractivity contribution is 6.36. The SMILES string of the molecule is Cc1c(F)c([N+](=O)[O-])c2nc(C(F)(F)F)[nH]c2c1Cl. The van der Waals surface area contributed by atoms with E-state index in [1.54, 1.807) is 0 Å². The van der Waals surface area contributed by atoms with E-state index in [1.807, 2.05) is 4.98 Å². The van der Waals surface area contributed by atoms with Gasteiger partial charge in [0, 0.05) is 5.56 Å². The van der Waals surface area contributed by atoms with Gasteiger partial charge in [-0.05, 0) is 6.92 Å². The summed E-state index contributed by atoms with van der Waals surface area (Å²) in [4.78, 5) is 14.5. The van der Waals surface area contributed by atoms with Gasteiger partial charge in [0.05, 0.1) is 15.5 Å². The molecule has 0 aliphatic carbocycles. The monoisotopic (exact) mass is 297 g/mol. The molecule has 5 nitrogen and oxygen atoms in total. The first-order chi connectivity index (χ1) is 8.64.